The molecule has 178 valence electrons. The molecule has 0 saturated heterocycles. The lowest BCUT2D eigenvalue weighted by Gasteiger charge is -2.22. The zero-order chi connectivity index (χ0) is 25.0. The minimum absolute atomic E-state index is 0.0780. The van der Waals surface area contributed by atoms with Crippen LogP contribution in [0.2, 0.25) is 5.02 Å². The molecule has 3 nitrogen and oxygen atoms in total. The van der Waals surface area contributed by atoms with Crippen LogP contribution < -0.4 is 4.18 Å². The van der Waals surface area contributed by atoms with Gasteiger partial charge in [0, 0.05) is 11.5 Å². The maximum atomic E-state index is 14.5. The first-order chi connectivity index (χ1) is 15.6. The van der Waals surface area contributed by atoms with Gasteiger partial charge in [0.2, 0.25) is 0 Å². The van der Waals surface area contributed by atoms with Crippen molar-refractivity contribution in [1.82, 2.24) is 0 Å². The Labute approximate surface area is 212 Å². The molecule has 0 bridgehead atoms. The largest absolute Gasteiger partial charge is 0.534 e. The van der Waals surface area contributed by atoms with Crippen LogP contribution in [0.1, 0.15) is 48.9 Å². The molecule has 0 N–H and O–H groups in total. The van der Waals surface area contributed by atoms with Gasteiger partial charge in [-0.15, -0.1) is 0 Å². The summed E-state index contributed by atoms with van der Waals surface area (Å²) in [7, 11) is -5.91. The Kier molecular flexibility index (Phi) is 5.15. The molecule has 10 heteroatoms. The van der Waals surface area contributed by atoms with E-state index in [9.17, 15) is 26.0 Å². The molecule has 0 aliphatic heterocycles. The SMILES string of the molecule is CC(C)(C)c1ccc2c(c1)-c1c(OS(=O)(=O)C(F)(F)F)c(I)cc3c1C2c1cc(F)c(Cl)cc1-3. The molecule has 2 aliphatic carbocycles. The van der Waals surface area contributed by atoms with E-state index in [0.29, 0.717) is 27.8 Å². The maximum absolute atomic E-state index is 14.5. The number of halogens is 6. The van der Waals surface area contributed by atoms with Gasteiger partial charge in [0.05, 0.1) is 8.59 Å². The quantitative estimate of drug-likeness (QED) is 0.0875. The predicted octanol–water partition coefficient (Wildman–Crippen LogP) is 7.75. The molecule has 34 heavy (non-hydrogen) atoms. The van der Waals surface area contributed by atoms with Crippen molar-refractivity contribution in [3.05, 3.63) is 73.1 Å². The van der Waals surface area contributed by atoms with Crippen molar-refractivity contribution in [1.29, 1.82) is 0 Å². The summed E-state index contributed by atoms with van der Waals surface area (Å²) in [6, 6.07) is 10.0. The Morgan fingerprint density at radius 1 is 0.971 bits per heavy atom. The second-order valence-corrected chi connectivity index (χ2v) is 12.5. The highest BCUT2D eigenvalue weighted by Crippen LogP contribution is 2.62. The Hall–Kier alpha value is -1.85. The zero-order valence-electron chi connectivity index (χ0n) is 17.9. The molecular weight excluding hydrogens is 607 g/mol. The van der Waals surface area contributed by atoms with Gasteiger partial charge in [0.25, 0.3) is 0 Å². The first kappa shape index (κ1) is 23.9. The highest BCUT2D eigenvalue weighted by Gasteiger charge is 2.50. The molecule has 0 aromatic heterocycles. The fourth-order valence-electron chi connectivity index (χ4n) is 4.68. The van der Waals surface area contributed by atoms with Crippen molar-refractivity contribution in [2.75, 3.05) is 0 Å². The number of rotatable bonds is 2. The third-order valence-corrected chi connectivity index (χ3v) is 8.28. The average Bonchev–Trinajstić information content (AvgIpc) is 3.19. The van der Waals surface area contributed by atoms with Crippen LogP contribution in [0.15, 0.2) is 36.4 Å². The van der Waals surface area contributed by atoms with E-state index in [-0.39, 0.29) is 25.3 Å². The lowest BCUT2D eigenvalue weighted by atomic mass is 9.84. The Bertz CT molecular complexity index is 1510. The fraction of sp³-hybridized carbons (Fsp3) is 0.250. The van der Waals surface area contributed by atoms with Crippen LogP contribution in [0.4, 0.5) is 17.6 Å². The molecule has 2 aliphatic rings. The summed E-state index contributed by atoms with van der Waals surface area (Å²) in [5, 5.41) is -0.0780. The monoisotopic (exact) mass is 622 g/mol. The molecule has 1 unspecified atom stereocenters. The third kappa shape index (κ3) is 3.37. The molecule has 0 fully saturated rings. The summed E-state index contributed by atoms with van der Waals surface area (Å²) >= 11 is 7.80. The van der Waals surface area contributed by atoms with E-state index in [4.69, 9.17) is 15.8 Å². The molecule has 3 aromatic carbocycles. The summed E-state index contributed by atoms with van der Waals surface area (Å²) < 4.78 is 83.0. The second kappa shape index (κ2) is 7.33. The van der Waals surface area contributed by atoms with Crippen LogP contribution in [0.25, 0.3) is 22.3 Å². The van der Waals surface area contributed by atoms with Crippen LogP contribution in [0.5, 0.6) is 5.75 Å². The van der Waals surface area contributed by atoms with Crippen LogP contribution in [0, 0.1) is 9.39 Å². The molecule has 0 saturated carbocycles. The molecule has 0 heterocycles. The van der Waals surface area contributed by atoms with Gasteiger partial charge in [-0.05, 0) is 85.1 Å². The van der Waals surface area contributed by atoms with Gasteiger partial charge in [-0.3, -0.25) is 0 Å². The first-order valence-corrected chi connectivity index (χ1v) is 13.0. The fourth-order valence-corrected chi connectivity index (χ4v) is 6.17. The topological polar surface area (TPSA) is 43.4 Å². The highest BCUT2D eigenvalue weighted by molar-refractivity contribution is 14.1. The van der Waals surface area contributed by atoms with E-state index in [0.717, 1.165) is 11.1 Å². The Morgan fingerprint density at radius 2 is 1.65 bits per heavy atom. The second-order valence-electron chi connectivity index (χ2n) is 9.35. The van der Waals surface area contributed by atoms with E-state index < -0.39 is 27.4 Å². The van der Waals surface area contributed by atoms with E-state index in [1.165, 1.54) is 12.1 Å². The Balaban J connectivity index is 1.87. The van der Waals surface area contributed by atoms with E-state index in [1.54, 1.807) is 28.7 Å². The number of hydrogen-bond donors (Lipinski definition) is 0. The molecule has 0 radical (unpaired) electrons. The van der Waals surface area contributed by atoms with E-state index in [2.05, 4.69) is 0 Å². The van der Waals surface area contributed by atoms with Crippen LogP contribution in [0.3, 0.4) is 0 Å². The number of benzene rings is 3. The third-order valence-electron chi connectivity index (χ3n) is 6.23. The maximum Gasteiger partial charge on any atom is 0.534 e. The molecule has 5 rings (SSSR count). The van der Waals surface area contributed by atoms with Crippen molar-refractivity contribution in [3.8, 4) is 28.0 Å². The van der Waals surface area contributed by atoms with E-state index in [1.807, 2.05) is 39.0 Å². The number of fused-ring (bicyclic) bond motifs is 6. The average molecular weight is 623 g/mol. The zero-order valence-corrected chi connectivity index (χ0v) is 21.7. The van der Waals surface area contributed by atoms with Crippen molar-refractivity contribution < 1.29 is 30.2 Å². The van der Waals surface area contributed by atoms with Gasteiger partial charge in [0.15, 0.2) is 5.75 Å². The van der Waals surface area contributed by atoms with Gasteiger partial charge >= 0.3 is 15.6 Å². The van der Waals surface area contributed by atoms with Crippen LogP contribution >= 0.6 is 34.2 Å². The van der Waals surface area contributed by atoms with Gasteiger partial charge in [-0.2, -0.15) is 21.6 Å². The minimum atomic E-state index is -5.91. The summed E-state index contributed by atoms with van der Waals surface area (Å²) in [5.41, 5.74) is -0.861. The minimum Gasteiger partial charge on any atom is -0.374 e. The van der Waals surface area contributed by atoms with Crippen molar-refractivity contribution in [2.24, 2.45) is 0 Å². The van der Waals surface area contributed by atoms with Gasteiger partial charge in [-0.1, -0.05) is 50.6 Å². The van der Waals surface area contributed by atoms with E-state index >= 15 is 0 Å². The standard InChI is InChI=1S/C24H16ClF4IO3S/c1-23(2,3)10-4-5-11-13(6-10)21-20-15(12-7-16(25)17(26)8-14(12)19(11)20)9-18(30)22(21)33-34(31,32)24(27,28)29/h4-9,19H,1-3H3. The van der Waals surface area contributed by atoms with Gasteiger partial charge < -0.3 is 4.18 Å². The molecule has 1 atom stereocenters. The Morgan fingerprint density at radius 3 is 2.26 bits per heavy atom. The molecule has 0 amide bonds. The van der Waals surface area contributed by atoms with Gasteiger partial charge in [0.1, 0.15) is 5.82 Å². The van der Waals surface area contributed by atoms with Crippen molar-refractivity contribution >= 4 is 44.3 Å². The first-order valence-electron chi connectivity index (χ1n) is 10.1. The van der Waals surface area contributed by atoms with Crippen molar-refractivity contribution in [2.45, 2.75) is 37.6 Å². The van der Waals surface area contributed by atoms with Crippen molar-refractivity contribution in [3.63, 3.8) is 0 Å². The van der Waals surface area contributed by atoms with Crippen LogP contribution in [-0.2, 0) is 15.5 Å². The summed E-state index contributed by atoms with van der Waals surface area (Å²) in [6.07, 6.45) is 0. The smallest absolute Gasteiger partial charge is 0.374 e. The molecule has 3 aromatic rings. The number of hydrogen-bond acceptors (Lipinski definition) is 3. The lowest BCUT2D eigenvalue weighted by molar-refractivity contribution is -0.0500. The predicted molar refractivity (Wildman–Crippen MR) is 130 cm³/mol. The summed E-state index contributed by atoms with van der Waals surface area (Å²) in [6.45, 7) is 5.98. The summed E-state index contributed by atoms with van der Waals surface area (Å²) in [5.74, 6) is -1.48. The molecule has 0 spiro atoms. The lowest BCUT2D eigenvalue weighted by Crippen LogP contribution is -2.28. The number of alkyl halides is 3. The summed E-state index contributed by atoms with van der Waals surface area (Å²) in [4.78, 5) is 0. The van der Waals surface area contributed by atoms with Crippen LogP contribution in [-0.4, -0.2) is 13.9 Å². The normalized spacial score (nSPS) is 16.3. The van der Waals surface area contributed by atoms with Gasteiger partial charge in [-0.25, -0.2) is 4.39 Å². The highest BCUT2D eigenvalue weighted by atomic mass is 127. The molecular formula is C24H16ClF4IO3S.